The van der Waals surface area contributed by atoms with Gasteiger partial charge in [0.05, 0.1) is 17.1 Å². The average molecular weight is 485 g/mol. The monoisotopic (exact) mass is 484 g/mol. The van der Waals surface area contributed by atoms with Crippen molar-refractivity contribution in [2.45, 2.75) is 32.1 Å². The Morgan fingerprint density at radius 3 is 2.64 bits per heavy atom. The molecule has 2 aromatic heterocycles. The predicted octanol–water partition coefficient (Wildman–Crippen LogP) is 3.69. The zero-order valence-electron chi connectivity index (χ0n) is 20.4. The van der Waals surface area contributed by atoms with Gasteiger partial charge in [0.25, 0.3) is 0 Å². The number of carbonyl (C=O) groups excluding carboxylic acids is 2. The molecule has 0 spiro atoms. The van der Waals surface area contributed by atoms with Crippen LogP contribution in [-0.4, -0.2) is 56.3 Å². The Bertz CT molecular complexity index is 1430. The van der Waals surface area contributed by atoms with Gasteiger partial charge >= 0.3 is 0 Å². The van der Waals surface area contributed by atoms with Crippen LogP contribution in [0.1, 0.15) is 36.8 Å². The summed E-state index contributed by atoms with van der Waals surface area (Å²) in [7, 11) is 1.93. The number of hydrogen-bond acceptors (Lipinski definition) is 6. The molecular weight excluding hydrogens is 456 g/mol. The summed E-state index contributed by atoms with van der Waals surface area (Å²) in [4.78, 5) is 34.0. The fraction of sp³-hybridized carbons (Fsp3) is 0.370. The van der Waals surface area contributed by atoms with E-state index in [2.05, 4.69) is 15.2 Å². The zero-order valence-corrected chi connectivity index (χ0v) is 20.4. The first kappa shape index (κ1) is 22.5. The van der Waals surface area contributed by atoms with Crippen LogP contribution >= 0.6 is 0 Å². The Labute approximate surface area is 208 Å². The third-order valence-corrected chi connectivity index (χ3v) is 7.43. The Hall–Kier alpha value is -4.01. The fourth-order valence-electron chi connectivity index (χ4n) is 5.43. The van der Waals surface area contributed by atoms with Crippen LogP contribution in [0.4, 0.5) is 5.69 Å². The van der Waals surface area contributed by atoms with Gasteiger partial charge in [-0.3, -0.25) is 14.3 Å². The van der Waals surface area contributed by atoms with Crippen LogP contribution in [0.5, 0.6) is 0 Å². The maximum absolute atomic E-state index is 13.2. The molecule has 2 aliphatic heterocycles. The molecule has 9 nitrogen and oxygen atoms in total. The topological polar surface area (TPSA) is 97.4 Å². The lowest BCUT2D eigenvalue weighted by atomic mass is 9.95. The standard InChI is InChI=1S/C27H28N6O3/c1-17-22-9-8-19(14-23(22)31(2)29-17)25-28-26(36-30-25)18-10-12-32(13-11-18)27(35)20-15-24(34)33(16-20)21-6-4-3-5-7-21/h3-9,14,18,20H,10-13,15-16H2,1-2H3/t20-/m0/s1. The van der Waals surface area contributed by atoms with Gasteiger partial charge in [0.2, 0.25) is 23.5 Å². The van der Waals surface area contributed by atoms with Crippen LogP contribution in [-0.2, 0) is 16.6 Å². The van der Waals surface area contributed by atoms with Gasteiger partial charge in [-0.1, -0.05) is 35.5 Å². The molecule has 0 radical (unpaired) electrons. The van der Waals surface area contributed by atoms with E-state index in [-0.39, 0.29) is 30.1 Å². The Morgan fingerprint density at radius 2 is 1.86 bits per heavy atom. The number of fused-ring (bicyclic) bond motifs is 1. The van der Waals surface area contributed by atoms with Crippen molar-refractivity contribution in [2.24, 2.45) is 13.0 Å². The van der Waals surface area contributed by atoms with E-state index < -0.39 is 0 Å². The molecule has 0 aliphatic carbocycles. The number of aryl methyl sites for hydroxylation is 2. The van der Waals surface area contributed by atoms with E-state index in [0.29, 0.717) is 31.3 Å². The molecule has 2 saturated heterocycles. The summed E-state index contributed by atoms with van der Waals surface area (Å²) in [5.74, 6) is 1.07. The van der Waals surface area contributed by atoms with Crippen molar-refractivity contribution in [3.8, 4) is 11.4 Å². The van der Waals surface area contributed by atoms with Crippen molar-refractivity contribution in [3.05, 3.63) is 60.1 Å². The minimum atomic E-state index is -0.296. The van der Waals surface area contributed by atoms with E-state index in [0.717, 1.165) is 40.7 Å². The van der Waals surface area contributed by atoms with Gasteiger partial charge in [0.1, 0.15) is 0 Å². The maximum atomic E-state index is 13.2. The maximum Gasteiger partial charge on any atom is 0.230 e. The SMILES string of the molecule is Cc1nn(C)c2cc(-c3noc(C4CCN(C(=O)[C@H]5CC(=O)N(c6ccccc6)C5)CC4)n3)ccc12. The van der Waals surface area contributed by atoms with E-state index >= 15 is 0 Å². The molecule has 6 rings (SSSR count). The van der Waals surface area contributed by atoms with E-state index in [1.165, 1.54) is 0 Å². The van der Waals surface area contributed by atoms with Gasteiger partial charge in [-0.15, -0.1) is 0 Å². The molecule has 2 aromatic carbocycles. The first-order valence-corrected chi connectivity index (χ1v) is 12.4. The zero-order chi connectivity index (χ0) is 24.8. The summed E-state index contributed by atoms with van der Waals surface area (Å²) >= 11 is 0. The first-order chi connectivity index (χ1) is 17.5. The minimum Gasteiger partial charge on any atom is -0.342 e. The molecule has 4 aromatic rings. The minimum absolute atomic E-state index is 0.00676. The van der Waals surface area contributed by atoms with Gasteiger partial charge in [-0.05, 0) is 38.0 Å². The van der Waals surface area contributed by atoms with Crippen LogP contribution in [0.3, 0.4) is 0 Å². The first-order valence-electron chi connectivity index (χ1n) is 12.4. The second-order valence-corrected chi connectivity index (χ2v) is 9.74. The van der Waals surface area contributed by atoms with Crippen LogP contribution < -0.4 is 4.90 Å². The molecule has 9 heteroatoms. The van der Waals surface area contributed by atoms with Crippen molar-refractivity contribution in [1.82, 2.24) is 24.8 Å². The van der Waals surface area contributed by atoms with Gasteiger partial charge < -0.3 is 14.3 Å². The number of amides is 2. The highest BCUT2D eigenvalue weighted by Gasteiger charge is 2.38. The molecule has 2 fully saturated rings. The normalized spacial score (nSPS) is 18.9. The molecule has 2 amide bonds. The highest BCUT2D eigenvalue weighted by atomic mass is 16.5. The smallest absolute Gasteiger partial charge is 0.230 e. The molecule has 0 unspecified atom stereocenters. The second kappa shape index (κ2) is 8.89. The van der Waals surface area contributed by atoms with Crippen molar-refractivity contribution in [3.63, 3.8) is 0 Å². The number of likely N-dealkylation sites (tertiary alicyclic amines) is 1. The third kappa shape index (κ3) is 3.94. The lowest BCUT2D eigenvalue weighted by molar-refractivity contribution is -0.136. The number of aromatic nitrogens is 4. The molecule has 0 saturated carbocycles. The van der Waals surface area contributed by atoms with Gasteiger partial charge in [0, 0.05) is 55.7 Å². The molecule has 1 atom stereocenters. The quantitative estimate of drug-likeness (QED) is 0.438. The van der Waals surface area contributed by atoms with Gasteiger partial charge in [0.15, 0.2) is 0 Å². The molecule has 184 valence electrons. The molecular formula is C27H28N6O3. The number of piperidine rings is 1. The fourth-order valence-corrected chi connectivity index (χ4v) is 5.43. The molecule has 0 bridgehead atoms. The summed E-state index contributed by atoms with van der Waals surface area (Å²) in [6, 6.07) is 15.6. The summed E-state index contributed by atoms with van der Waals surface area (Å²) < 4.78 is 7.50. The summed E-state index contributed by atoms with van der Waals surface area (Å²) in [6.07, 6.45) is 1.79. The van der Waals surface area contributed by atoms with Crippen LogP contribution in [0, 0.1) is 12.8 Å². The second-order valence-electron chi connectivity index (χ2n) is 9.74. The number of benzene rings is 2. The largest absolute Gasteiger partial charge is 0.342 e. The lowest BCUT2D eigenvalue weighted by Crippen LogP contribution is -2.42. The van der Waals surface area contributed by atoms with Crippen molar-refractivity contribution >= 4 is 28.4 Å². The molecule has 36 heavy (non-hydrogen) atoms. The Morgan fingerprint density at radius 1 is 1.08 bits per heavy atom. The van der Waals surface area contributed by atoms with E-state index in [4.69, 9.17) is 4.52 Å². The highest BCUT2D eigenvalue weighted by molar-refractivity contribution is 6.00. The lowest BCUT2D eigenvalue weighted by Gasteiger charge is -2.32. The van der Waals surface area contributed by atoms with E-state index in [1.807, 2.05) is 72.1 Å². The summed E-state index contributed by atoms with van der Waals surface area (Å²) in [5, 5.41) is 9.81. The molecule has 2 aliphatic rings. The Balaban J connectivity index is 1.09. The number of anilines is 1. The number of nitrogens with zero attached hydrogens (tertiary/aromatic N) is 6. The predicted molar refractivity (Wildman–Crippen MR) is 134 cm³/mol. The van der Waals surface area contributed by atoms with Crippen LogP contribution in [0.25, 0.3) is 22.3 Å². The van der Waals surface area contributed by atoms with Crippen molar-refractivity contribution < 1.29 is 14.1 Å². The third-order valence-electron chi connectivity index (χ3n) is 7.43. The van der Waals surface area contributed by atoms with Gasteiger partial charge in [-0.25, -0.2) is 0 Å². The van der Waals surface area contributed by atoms with E-state index in [1.54, 1.807) is 4.90 Å². The van der Waals surface area contributed by atoms with Crippen molar-refractivity contribution in [1.29, 1.82) is 0 Å². The number of carbonyl (C=O) groups is 2. The summed E-state index contributed by atoms with van der Waals surface area (Å²) in [6.45, 7) is 3.68. The van der Waals surface area contributed by atoms with Gasteiger partial charge in [-0.2, -0.15) is 10.1 Å². The van der Waals surface area contributed by atoms with Crippen LogP contribution in [0.2, 0.25) is 0 Å². The Kier molecular flexibility index (Phi) is 5.55. The molecule has 0 N–H and O–H groups in total. The molecule has 4 heterocycles. The number of para-hydroxylation sites is 1. The van der Waals surface area contributed by atoms with Crippen molar-refractivity contribution in [2.75, 3.05) is 24.5 Å². The summed E-state index contributed by atoms with van der Waals surface area (Å²) in [5.41, 5.74) is 3.76. The number of rotatable bonds is 4. The average Bonchev–Trinajstić information content (AvgIpc) is 3.62. The van der Waals surface area contributed by atoms with Crippen LogP contribution in [0.15, 0.2) is 53.1 Å². The van der Waals surface area contributed by atoms with E-state index in [9.17, 15) is 9.59 Å². The number of hydrogen-bond donors (Lipinski definition) is 0. The highest BCUT2D eigenvalue weighted by Crippen LogP contribution is 2.32.